The molecule has 1 aromatic carbocycles. The Balaban J connectivity index is 1.94. The Labute approximate surface area is 152 Å². The highest BCUT2D eigenvalue weighted by atomic mass is 32.2. The second kappa shape index (κ2) is 8.03. The summed E-state index contributed by atoms with van der Waals surface area (Å²) in [5.74, 6) is 0. The smallest absolute Gasteiger partial charge is 0.408 e. The minimum Gasteiger partial charge on any atom is -0.444 e. The molecule has 4 nitrogen and oxygen atoms in total. The van der Waals surface area contributed by atoms with E-state index in [0.29, 0.717) is 6.54 Å². The van der Waals surface area contributed by atoms with Gasteiger partial charge in [-0.1, -0.05) is 24.8 Å². The van der Waals surface area contributed by atoms with Crippen LogP contribution in [0.5, 0.6) is 0 Å². The number of nitrogens with one attached hydrogen (secondary N) is 1. The molecule has 1 N–H and O–H groups in total. The van der Waals surface area contributed by atoms with Crippen LogP contribution < -0.4 is 5.32 Å². The minimum absolute atomic E-state index is 0.383. The van der Waals surface area contributed by atoms with E-state index < -0.39 is 11.7 Å². The lowest BCUT2D eigenvalue weighted by molar-refractivity contribution is 0.0523. The van der Waals surface area contributed by atoms with Gasteiger partial charge in [0, 0.05) is 4.90 Å². The number of amides is 1. The summed E-state index contributed by atoms with van der Waals surface area (Å²) in [6, 6.07) is 6.62. The predicted molar refractivity (Wildman–Crippen MR) is 99.9 cm³/mol. The van der Waals surface area contributed by atoms with Crippen molar-refractivity contribution < 1.29 is 9.53 Å². The first-order valence-electron chi connectivity index (χ1n) is 7.95. The summed E-state index contributed by atoms with van der Waals surface area (Å²) in [7, 11) is 0. The Hall–Kier alpha value is -1.53. The first-order valence-corrected chi connectivity index (χ1v) is 9.58. The third-order valence-electron chi connectivity index (χ3n) is 3.05. The van der Waals surface area contributed by atoms with Crippen molar-refractivity contribution in [2.24, 2.45) is 0 Å². The molecule has 0 unspecified atom stereocenters. The summed E-state index contributed by atoms with van der Waals surface area (Å²) in [5.41, 5.74) is 2.12. The van der Waals surface area contributed by atoms with Crippen LogP contribution >= 0.6 is 23.1 Å². The molecule has 24 heavy (non-hydrogen) atoms. The molecule has 6 heteroatoms. The minimum atomic E-state index is -0.490. The summed E-state index contributed by atoms with van der Waals surface area (Å²) in [6.07, 6.45) is 2.47. The van der Waals surface area contributed by atoms with Crippen LogP contribution in [-0.2, 0) is 17.7 Å². The number of aryl methyl sites for hydroxylation is 2. The highest BCUT2D eigenvalue weighted by molar-refractivity contribution is 8.01. The van der Waals surface area contributed by atoms with Crippen LogP contribution in [0.2, 0.25) is 0 Å². The number of carbonyl (C=O) groups is 1. The zero-order chi connectivity index (χ0) is 17.7. The van der Waals surface area contributed by atoms with Crippen LogP contribution in [0.3, 0.4) is 0 Å². The van der Waals surface area contributed by atoms with Crippen molar-refractivity contribution in [2.45, 2.75) is 62.3 Å². The van der Waals surface area contributed by atoms with Gasteiger partial charge in [-0.15, -0.1) is 11.3 Å². The molecule has 0 bridgehead atoms. The van der Waals surface area contributed by atoms with Crippen LogP contribution in [0.15, 0.2) is 33.5 Å². The van der Waals surface area contributed by atoms with E-state index in [-0.39, 0.29) is 0 Å². The summed E-state index contributed by atoms with van der Waals surface area (Å²) in [6.45, 7) is 10.2. The zero-order valence-corrected chi connectivity index (χ0v) is 16.4. The first-order chi connectivity index (χ1) is 11.2. The lowest BCUT2D eigenvalue weighted by Crippen LogP contribution is -2.32. The average Bonchev–Trinajstić information content (AvgIpc) is 2.90. The van der Waals surface area contributed by atoms with E-state index >= 15 is 0 Å². The van der Waals surface area contributed by atoms with Gasteiger partial charge in [0.05, 0.1) is 17.0 Å². The van der Waals surface area contributed by atoms with Gasteiger partial charge in [-0.3, -0.25) is 0 Å². The highest BCUT2D eigenvalue weighted by Crippen LogP contribution is 2.33. The molecule has 0 aliphatic heterocycles. The molecule has 0 saturated carbocycles. The molecular formula is C18H24N2O2S2. The maximum absolute atomic E-state index is 11.7. The Morgan fingerprint density at radius 1 is 1.33 bits per heavy atom. The molecular weight excluding hydrogens is 340 g/mol. The zero-order valence-electron chi connectivity index (χ0n) is 14.8. The van der Waals surface area contributed by atoms with Crippen molar-refractivity contribution >= 4 is 29.2 Å². The van der Waals surface area contributed by atoms with E-state index in [1.165, 1.54) is 16.0 Å². The van der Waals surface area contributed by atoms with Crippen LogP contribution in [0.25, 0.3) is 0 Å². The summed E-state index contributed by atoms with van der Waals surface area (Å²) in [5, 5.41) is 3.60. The number of benzene rings is 1. The third kappa shape index (κ3) is 6.17. The van der Waals surface area contributed by atoms with Crippen molar-refractivity contribution in [3.63, 3.8) is 0 Å². The van der Waals surface area contributed by atoms with E-state index in [1.54, 1.807) is 23.1 Å². The Morgan fingerprint density at radius 2 is 2.08 bits per heavy atom. The number of aromatic nitrogens is 1. The van der Waals surface area contributed by atoms with Gasteiger partial charge in [-0.25, -0.2) is 9.78 Å². The van der Waals surface area contributed by atoms with Gasteiger partial charge in [0.2, 0.25) is 0 Å². The van der Waals surface area contributed by atoms with Crippen molar-refractivity contribution in [1.29, 1.82) is 0 Å². The molecule has 0 aliphatic carbocycles. The number of alkyl carbamates (subject to hydrolysis) is 1. The highest BCUT2D eigenvalue weighted by Gasteiger charge is 2.16. The lowest BCUT2D eigenvalue weighted by atomic mass is 10.1. The molecule has 1 heterocycles. The van der Waals surface area contributed by atoms with Gasteiger partial charge in [0.15, 0.2) is 0 Å². The molecule has 0 saturated heterocycles. The molecule has 1 aromatic heterocycles. The van der Waals surface area contributed by atoms with Gasteiger partial charge in [0.1, 0.15) is 10.6 Å². The number of nitrogens with zero attached hydrogens (tertiary/aromatic N) is 1. The van der Waals surface area contributed by atoms with Crippen LogP contribution in [0.1, 0.15) is 43.8 Å². The van der Waals surface area contributed by atoms with E-state index in [4.69, 9.17) is 4.74 Å². The van der Waals surface area contributed by atoms with Crippen LogP contribution in [0.4, 0.5) is 4.79 Å². The summed E-state index contributed by atoms with van der Waals surface area (Å²) >= 11 is 3.30. The monoisotopic (exact) mass is 364 g/mol. The first kappa shape index (κ1) is 18.8. The number of hydrogen-bond acceptors (Lipinski definition) is 5. The van der Waals surface area contributed by atoms with Gasteiger partial charge >= 0.3 is 6.09 Å². The van der Waals surface area contributed by atoms with Gasteiger partial charge in [-0.2, -0.15) is 0 Å². The maximum Gasteiger partial charge on any atom is 0.408 e. The molecule has 2 rings (SSSR count). The van der Waals surface area contributed by atoms with Crippen molar-refractivity contribution in [2.75, 3.05) is 0 Å². The maximum atomic E-state index is 11.7. The lowest BCUT2D eigenvalue weighted by Gasteiger charge is -2.19. The molecule has 0 aliphatic rings. The molecule has 0 radical (unpaired) electrons. The molecule has 0 fully saturated rings. The topological polar surface area (TPSA) is 51.2 Å². The number of thiazole rings is 1. The molecule has 2 aromatic rings. The standard InChI is InChI=1S/C18H24N2O2S2/c1-6-13-7-12(2)8-14(9-13)23-16-11-19-15(24-16)10-20-17(21)22-18(3,4)5/h7-9,11H,6,10H2,1-5H3,(H,20,21). The Bertz CT molecular complexity index is 705. The van der Waals surface area contributed by atoms with E-state index in [1.807, 2.05) is 27.0 Å². The third-order valence-corrected chi connectivity index (χ3v) is 5.12. The fraction of sp³-hybridized carbons (Fsp3) is 0.444. The van der Waals surface area contributed by atoms with Gasteiger partial charge in [0.25, 0.3) is 0 Å². The largest absolute Gasteiger partial charge is 0.444 e. The number of carbonyl (C=O) groups excluding carboxylic acids is 1. The number of rotatable bonds is 5. The van der Waals surface area contributed by atoms with Crippen molar-refractivity contribution in [3.8, 4) is 0 Å². The number of ether oxygens (including phenoxy) is 1. The second-order valence-corrected chi connectivity index (χ2v) is 9.03. The van der Waals surface area contributed by atoms with Crippen molar-refractivity contribution in [1.82, 2.24) is 10.3 Å². The molecule has 0 spiro atoms. The molecule has 0 atom stereocenters. The van der Waals surface area contributed by atoms with E-state index in [9.17, 15) is 4.79 Å². The van der Waals surface area contributed by atoms with Gasteiger partial charge < -0.3 is 10.1 Å². The van der Waals surface area contributed by atoms with E-state index in [0.717, 1.165) is 15.6 Å². The number of hydrogen-bond donors (Lipinski definition) is 1. The predicted octanol–water partition coefficient (Wildman–Crippen LogP) is 5.19. The fourth-order valence-electron chi connectivity index (χ4n) is 2.09. The average molecular weight is 365 g/mol. The van der Waals surface area contributed by atoms with Crippen LogP contribution in [0, 0.1) is 6.92 Å². The molecule has 1 amide bonds. The fourth-order valence-corrected chi connectivity index (χ4v) is 4.21. The van der Waals surface area contributed by atoms with Gasteiger partial charge in [-0.05, 0) is 57.4 Å². The van der Waals surface area contributed by atoms with Crippen molar-refractivity contribution in [3.05, 3.63) is 40.5 Å². The Kier molecular flexibility index (Phi) is 6.29. The summed E-state index contributed by atoms with van der Waals surface area (Å²) in [4.78, 5) is 17.3. The normalized spacial score (nSPS) is 11.4. The second-order valence-electron chi connectivity index (χ2n) is 6.54. The summed E-state index contributed by atoms with van der Waals surface area (Å²) < 4.78 is 6.34. The molecule has 130 valence electrons. The quantitative estimate of drug-likeness (QED) is 0.793. The Morgan fingerprint density at radius 3 is 2.75 bits per heavy atom. The van der Waals surface area contributed by atoms with E-state index in [2.05, 4.69) is 42.3 Å². The van der Waals surface area contributed by atoms with Crippen LogP contribution in [-0.4, -0.2) is 16.7 Å². The SMILES string of the molecule is CCc1cc(C)cc(Sc2cnc(CNC(=O)OC(C)(C)C)s2)c1.